The first-order valence-electron chi connectivity index (χ1n) is 6.14. The maximum atomic E-state index is 4.38. The molecule has 0 spiro atoms. The smallest absolute Gasteiger partial charge is 0.0576 e. The van der Waals surface area contributed by atoms with Crippen LogP contribution in [0.25, 0.3) is 10.4 Å². The van der Waals surface area contributed by atoms with E-state index in [1.807, 2.05) is 22.2 Å². The van der Waals surface area contributed by atoms with Gasteiger partial charge in [-0.05, 0) is 24.0 Å². The Morgan fingerprint density at radius 1 is 1.29 bits per heavy atom. The molecule has 0 aromatic carbocycles. The molecule has 0 aliphatic rings. The minimum Gasteiger partial charge on any atom is -0.272 e. The summed E-state index contributed by atoms with van der Waals surface area (Å²) in [6.07, 6.45) is 5.23. The lowest BCUT2D eigenvalue weighted by atomic mass is 9.95. The Morgan fingerprint density at radius 2 is 2.06 bits per heavy atom. The van der Waals surface area contributed by atoms with Crippen molar-refractivity contribution < 1.29 is 0 Å². The number of thiophene rings is 1. The van der Waals surface area contributed by atoms with E-state index in [2.05, 4.69) is 51.1 Å². The van der Waals surface area contributed by atoms with Gasteiger partial charge in [-0.15, -0.1) is 11.3 Å². The molecule has 0 N–H and O–H groups in total. The maximum absolute atomic E-state index is 4.38. The Hall–Kier alpha value is -1.09. The molecule has 2 heterocycles. The fourth-order valence-electron chi connectivity index (χ4n) is 1.74. The Morgan fingerprint density at radius 3 is 2.65 bits per heavy atom. The highest BCUT2D eigenvalue weighted by molar-refractivity contribution is 7.15. The second kappa shape index (κ2) is 4.65. The van der Waals surface area contributed by atoms with Gasteiger partial charge in [-0.3, -0.25) is 4.68 Å². The topological polar surface area (TPSA) is 17.8 Å². The molecule has 2 aromatic rings. The summed E-state index contributed by atoms with van der Waals surface area (Å²) >= 11 is 1.87. The lowest BCUT2D eigenvalue weighted by molar-refractivity contribution is 0.603. The van der Waals surface area contributed by atoms with Crippen molar-refractivity contribution in [3.63, 3.8) is 0 Å². The standard InChI is InChI=1S/C14H20N2S/c1-5-8-16-10-11(9-15-16)12-6-7-13(17-12)14(2,3)4/h6-7,9-10H,5,8H2,1-4H3. The van der Waals surface area contributed by atoms with Gasteiger partial charge in [0.1, 0.15) is 0 Å². The van der Waals surface area contributed by atoms with Gasteiger partial charge >= 0.3 is 0 Å². The highest BCUT2D eigenvalue weighted by atomic mass is 32.1. The van der Waals surface area contributed by atoms with Gasteiger partial charge < -0.3 is 0 Å². The maximum Gasteiger partial charge on any atom is 0.0576 e. The van der Waals surface area contributed by atoms with Crippen molar-refractivity contribution in [3.8, 4) is 10.4 Å². The van der Waals surface area contributed by atoms with E-state index in [-0.39, 0.29) is 5.41 Å². The number of nitrogens with zero attached hydrogens (tertiary/aromatic N) is 2. The fourth-order valence-corrected chi connectivity index (χ4v) is 2.78. The van der Waals surface area contributed by atoms with E-state index in [0.29, 0.717) is 0 Å². The number of aryl methyl sites for hydroxylation is 1. The van der Waals surface area contributed by atoms with E-state index < -0.39 is 0 Å². The van der Waals surface area contributed by atoms with Crippen molar-refractivity contribution in [2.75, 3.05) is 0 Å². The molecular formula is C14H20N2S. The molecule has 0 amide bonds. The van der Waals surface area contributed by atoms with E-state index in [1.165, 1.54) is 15.3 Å². The van der Waals surface area contributed by atoms with Crippen LogP contribution in [0.1, 0.15) is 39.0 Å². The first-order chi connectivity index (χ1) is 8.00. The van der Waals surface area contributed by atoms with Crippen LogP contribution in [0, 0.1) is 0 Å². The summed E-state index contributed by atoms with van der Waals surface area (Å²) in [4.78, 5) is 2.74. The first-order valence-corrected chi connectivity index (χ1v) is 6.95. The Balaban J connectivity index is 2.24. The minimum absolute atomic E-state index is 0.238. The molecule has 2 rings (SSSR count). The summed E-state index contributed by atoms with van der Waals surface area (Å²) in [7, 11) is 0. The molecule has 0 unspecified atom stereocenters. The van der Waals surface area contributed by atoms with Gasteiger partial charge in [-0.2, -0.15) is 5.10 Å². The number of hydrogen-bond donors (Lipinski definition) is 0. The summed E-state index contributed by atoms with van der Waals surface area (Å²) < 4.78 is 2.02. The third-order valence-corrected chi connectivity index (χ3v) is 4.28. The molecular weight excluding hydrogens is 228 g/mol. The molecule has 17 heavy (non-hydrogen) atoms. The molecule has 0 aliphatic carbocycles. The summed E-state index contributed by atoms with van der Waals surface area (Å²) in [5.74, 6) is 0. The van der Waals surface area contributed by atoms with E-state index in [1.54, 1.807) is 0 Å². The zero-order valence-electron chi connectivity index (χ0n) is 11.0. The predicted octanol–water partition coefficient (Wildman–Crippen LogP) is 4.32. The molecule has 2 nitrogen and oxygen atoms in total. The minimum atomic E-state index is 0.238. The highest BCUT2D eigenvalue weighted by Gasteiger charge is 2.16. The van der Waals surface area contributed by atoms with E-state index in [0.717, 1.165) is 13.0 Å². The van der Waals surface area contributed by atoms with Crippen LogP contribution in [0.2, 0.25) is 0 Å². The third-order valence-electron chi connectivity index (χ3n) is 2.72. The fraction of sp³-hybridized carbons (Fsp3) is 0.500. The Labute approximate surface area is 107 Å². The predicted molar refractivity (Wildman–Crippen MR) is 74.5 cm³/mol. The number of rotatable bonds is 3. The van der Waals surface area contributed by atoms with Gasteiger partial charge in [-0.25, -0.2) is 0 Å². The quantitative estimate of drug-likeness (QED) is 0.791. The van der Waals surface area contributed by atoms with Crippen LogP contribution in [0.15, 0.2) is 24.5 Å². The van der Waals surface area contributed by atoms with Crippen molar-refractivity contribution in [2.24, 2.45) is 0 Å². The normalized spacial score (nSPS) is 12.0. The molecule has 2 aromatic heterocycles. The average molecular weight is 248 g/mol. The lowest BCUT2D eigenvalue weighted by Crippen LogP contribution is -2.07. The Bertz CT molecular complexity index is 488. The second-order valence-electron chi connectivity index (χ2n) is 5.41. The van der Waals surface area contributed by atoms with Crippen LogP contribution in [0.3, 0.4) is 0 Å². The van der Waals surface area contributed by atoms with Crippen molar-refractivity contribution in [2.45, 2.75) is 46.1 Å². The summed E-state index contributed by atoms with van der Waals surface area (Å²) in [6, 6.07) is 4.44. The number of aromatic nitrogens is 2. The van der Waals surface area contributed by atoms with Crippen LogP contribution in [-0.2, 0) is 12.0 Å². The molecule has 0 fully saturated rings. The monoisotopic (exact) mass is 248 g/mol. The van der Waals surface area contributed by atoms with Gasteiger partial charge in [0.05, 0.1) is 6.20 Å². The van der Waals surface area contributed by atoms with Gasteiger partial charge in [0, 0.05) is 28.1 Å². The van der Waals surface area contributed by atoms with Crippen LogP contribution in [0.4, 0.5) is 0 Å². The van der Waals surface area contributed by atoms with Crippen molar-refractivity contribution in [1.29, 1.82) is 0 Å². The van der Waals surface area contributed by atoms with Crippen molar-refractivity contribution in [3.05, 3.63) is 29.4 Å². The SMILES string of the molecule is CCCn1cc(-c2ccc(C(C)(C)C)s2)cn1. The molecule has 0 aliphatic heterocycles. The van der Waals surface area contributed by atoms with Crippen LogP contribution < -0.4 is 0 Å². The van der Waals surface area contributed by atoms with Gasteiger partial charge in [-0.1, -0.05) is 27.7 Å². The van der Waals surface area contributed by atoms with Crippen molar-refractivity contribution in [1.82, 2.24) is 9.78 Å². The van der Waals surface area contributed by atoms with E-state index in [4.69, 9.17) is 0 Å². The van der Waals surface area contributed by atoms with Crippen LogP contribution >= 0.6 is 11.3 Å². The summed E-state index contributed by atoms with van der Waals surface area (Å²) in [6.45, 7) is 9.93. The molecule has 0 saturated carbocycles. The van der Waals surface area contributed by atoms with Crippen LogP contribution in [0.5, 0.6) is 0 Å². The average Bonchev–Trinajstić information content (AvgIpc) is 2.82. The molecule has 0 saturated heterocycles. The van der Waals surface area contributed by atoms with E-state index >= 15 is 0 Å². The molecule has 0 bridgehead atoms. The van der Waals surface area contributed by atoms with Gasteiger partial charge in [0.2, 0.25) is 0 Å². The lowest BCUT2D eigenvalue weighted by Gasteiger charge is -2.15. The zero-order valence-corrected chi connectivity index (χ0v) is 11.8. The molecule has 92 valence electrons. The van der Waals surface area contributed by atoms with Gasteiger partial charge in [0.15, 0.2) is 0 Å². The highest BCUT2D eigenvalue weighted by Crippen LogP contribution is 2.34. The molecule has 0 atom stereocenters. The summed E-state index contributed by atoms with van der Waals surface area (Å²) in [5.41, 5.74) is 1.47. The first kappa shape index (κ1) is 12.4. The largest absolute Gasteiger partial charge is 0.272 e. The third kappa shape index (κ3) is 2.78. The van der Waals surface area contributed by atoms with Crippen molar-refractivity contribution >= 4 is 11.3 Å². The Kier molecular flexibility index (Phi) is 3.38. The number of hydrogen-bond acceptors (Lipinski definition) is 2. The summed E-state index contributed by atoms with van der Waals surface area (Å²) in [5, 5.41) is 4.38. The second-order valence-corrected chi connectivity index (χ2v) is 6.49. The molecule has 0 radical (unpaired) electrons. The van der Waals surface area contributed by atoms with Crippen LogP contribution in [-0.4, -0.2) is 9.78 Å². The van der Waals surface area contributed by atoms with E-state index in [9.17, 15) is 0 Å². The zero-order chi connectivity index (χ0) is 12.5. The van der Waals surface area contributed by atoms with Gasteiger partial charge in [0.25, 0.3) is 0 Å². The molecule has 3 heteroatoms.